The predicted octanol–water partition coefficient (Wildman–Crippen LogP) is -1.83. The summed E-state index contributed by atoms with van der Waals surface area (Å²) in [5.41, 5.74) is 0. The molecule has 0 aromatic rings. The summed E-state index contributed by atoms with van der Waals surface area (Å²) in [6, 6.07) is 0. The summed E-state index contributed by atoms with van der Waals surface area (Å²) < 4.78 is 0.299. The maximum absolute atomic E-state index is 4.57. The Hall–Kier alpha value is 2.14. The number of thiocarbonyl (C=S) groups is 1. The molecule has 0 aromatic heterocycles. The zero-order valence-electron chi connectivity index (χ0n) is 4.71. The van der Waals surface area contributed by atoms with Crippen LogP contribution in [0.4, 0.5) is 0 Å². The van der Waals surface area contributed by atoms with Crippen molar-refractivity contribution in [1.82, 2.24) is 0 Å². The van der Waals surface area contributed by atoms with Gasteiger partial charge in [0.2, 0.25) is 0 Å². The van der Waals surface area contributed by atoms with Gasteiger partial charge in [-0.25, -0.2) is 0 Å². The smallest absolute Gasteiger partial charge is 0.765 e. The maximum atomic E-state index is 4.57. The summed E-state index contributed by atoms with van der Waals surface area (Å²) >= 11 is 12.8. The molecule has 0 aliphatic carbocycles. The molecule has 0 radical (unpaired) electrons. The third-order valence-electron chi connectivity index (χ3n) is 0.253. The van der Waals surface area contributed by atoms with Crippen molar-refractivity contribution in [3.8, 4) is 0 Å². The van der Waals surface area contributed by atoms with Gasteiger partial charge in [0.25, 0.3) is 0 Å². The van der Waals surface area contributed by atoms with Crippen LogP contribution in [-0.4, -0.2) is 9.36 Å². The fourth-order valence-electron chi connectivity index (χ4n) is 0.135. The Kier molecular flexibility index (Phi) is 11.6. The molecule has 40 valence electrons. The van der Waals surface area contributed by atoms with E-state index >= 15 is 0 Å². The molecule has 0 atom stereocenters. The molecular formula is C3H4NRbS3. The second-order valence-corrected chi connectivity index (χ2v) is 2.62. The minimum absolute atomic E-state index is 0. The van der Waals surface area contributed by atoms with Crippen LogP contribution in [0, 0.1) is 0 Å². The molecular weight excluding hydrogens is 232 g/mol. The molecule has 8 heavy (non-hydrogen) atoms. The van der Waals surface area contributed by atoms with Crippen molar-refractivity contribution in [3.63, 3.8) is 0 Å². The van der Waals surface area contributed by atoms with Crippen LogP contribution in [0.15, 0.2) is 4.99 Å². The van der Waals surface area contributed by atoms with E-state index in [0.717, 1.165) is 0 Å². The molecule has 0 amide bonds. The van der Waals surface area contributed by atoms with E-state index in [0.29, 0.717) is 9.36 Å². The van der Waals surface area contributed by atoms with E-state index in [4.69, 9.17) is 0 Å². The van der Waals surface area contributed by atoms with Gasteiger partial charge in [0.05, 0.1) is 0 Å². The van der Waals surface area contributed by atoms with Crippen molar-refractivity contribution in [1.29, 1.82) is 0 Å². The van der Waals surface area contributed by atoms with Crippen LogP contribution in [0.2, 0.25) is 0 Å². The fraction of sp³-hybridized carbons (Fsp3) is 0.333. The molecule has 0 heterocycles. The Morgan fingerprint density at radius 1 is 1.75 bits per heavy atom. The van der Waals surface area contributed by atoms with E-state index in [2.05, 4.69) is 42.5 Å². The summed E-state index contributed by atoms with van der Waals surface area (Å²) in [5, 5.41) is 0.528. The molecule has 1 nitrogen and oxygen atoms in total. The van der Waals surface area contributed by atoms with E-state index in [1.54, 1.807) is 6.92 Å². The van der Waals surface area contributed by atoms with Gasteiger partial charge in [0.15, 0.2) is 4.32 Å². The summed E-state index contributed by atoms with van der Waals surface area (Å²) in [7, 11) is 0. The summed E-state index contributed by atoms with van der Waals surface area (Å²) in [6.45, 7) is 1.69. The van der Waals surface area contributed by atoms with Crippen molar-refractivity contribution < 1.29 is 58.2 Å². The van der Waals surface area contributed by atoms with E-state index in [1.807, 2.05) is 0 Å². The van der Waals surface area contributed by atoms with Crippen LogP contribution < -0.4 is 58.2 Å². The Bertz CT molecular complexity index is 107. The Balaban J connectivity index is 0. The van der Waals surface area contributed by atoms with Crippen molar-refractivity contribution in [2.24, 2.45) is 4.99 Å². The molecule has 5 heteroatoms. The second-order valence-electron chi connectivity index (χ2n) is 0.913. The van der Waals surface area contributed by atoms with E-state index in [9.17, 15) is 0 Å². The number of thiol groups is 1. The van der Waals surface area contributed by atoms with Crippen LogP contribution in [-0.2, 0) is 12.6 Å². The summed E-state index contributed by atoms with van der Waals surface area (Å²) in [6.07, 6.45) is 0. The molecule has 0 fully saturated rings. The Labute approximate surface area is 114 Å². The van der Waals surface area contributed by atoms with Crippen LogP contribution in [0.25, 0.3) is 0 Å². The largest absolute Gasteiger partial charge is 1.00 e. The van der Waals surface area contributed by atoms with Gasteiger partial charge < -0.3 is 12.6 Å². The third kappa shape index (κ3) is 11.0. The predicted molar refractivity (Wildman–Crippen MR) is 42.1 cm³/mol. The minimum atomic E-state index is 0. The zero-order valence-corrected chi connectivity index (χ0v) is 12.2. The van der Waals surface area contributed by atoms with Gasteiger partial charge in [-0.1, -0.05) is 12.2 Å². The number of aliphatic imine (C=N–C) groups is 1. The first kappa shape index (κ1) is 12.8. The molecule has 0 saturated heterocycles. The first-order chi connectivity index (χ1) is 3.13. The molecule has 0 aliphatic heterocycles. The Morgan fingerprint density at radius 3 is 2.12 bits per heavy atom. The van der Waals surface area contributed by atoms with Crippen molar-refractivity contribution in [2.75, 3.05) is 0 Å². The van der Waals surface area contributed by atoms with Gasteiger partial charge in [-0.15, -0.1) is 17.7 Å². The Morgan fingerprint density at radius 2 is 2.12 bits per heavy atom. The standard InChI is InChI=1S/C3H5NS3.Rb/c1-2(5)4-3(6)7;/h1H3,(H2,4,5,6,7);/q;+1/p-1. The first-order valence-electron chi connectivity index (χ1n) is 1.58. The molecule has 0 saturated carbocycles. The average Bonchev–Trinajstić information content (AvgIpc) is 1.27. The van der Waals surface area contributed by atoms with Gasteiger partial charge >= 0.3 is 58.2 Å². The van der Waals surface area contributed by atoms with Crippen molar-refractivity contribution >= 4 is 46.8 Å². The minimum Gasteiger partial charge on any atom is -0.765 e. The van der Waals surface area contributed by atoms with Gasteiger partial charge in [0, 0.05) is 0 Å². The van der Waals surface area contributed by atoms with Crippen molar-refractivity contribution in [3.05, 3.63) is 0 Å². The fourth-order valence-corrected chi connectivity index (χ4v) is 0.638. The SMILES string of the molecule is CC([S-])=NC(=S)S.[Rb+]. The van der Waals surface area contributed by atoms with E-state index < -0.39 is 0 Å². The molecule has 0 spiro atoms. The van der Waals surface area contributed by atoms with Gasteiger partial charge in [-0.2, -0.15) is 0 Å². The van der Waals surface area contributed by atoms with Gasteiger partial charge in [-0.3, -0.25) is 4.99 Å². The topological polar surface area (TPSA) is 12.4 Å². The molecule has 0 bridgehead atoms. The van der Waals surface area contributed by atoms with Crippen molar-refractivity contribution in [2.45, 2.75) is 6.92 Å². The van der Waals surface area contributed by atoms with Gasteiger partial charge in [-0.05, 0) is 6.92 Å². The average molecular weight is 236 g/mol. The zero-order chi connectivity index (χ0) is 5.86. The van der Waals surface area contributed by atoms with Crippen LogP contribution in [0.1, 0.15) is 6.92 Å². The normalized spacial score (nSPS) is 10.0. The monoisotopic (exact) mass is 235 g/mol. The number of hydrogen-bond acceptors (Lipinski definition) is 2. The molecule has 0 rings (SSSR count). The van der Waals surface area contributed by atoms with Crippen LogP contribution in [0.5, 0.6) is 0 Å². The molecule has 0 N–H and O–H groups in total. The summed E-state index contributed by atoms with van der Waals surface area (Å²) in [5.74, 6) is 0. The van der Waals surface area contributed by atoms with Crippen LogP contribution in [0.3, 0.4) is 0 Å². The number of rotatable bonds is 0. The third-order valence-corrected chi connectivity index (χ3v) is 0.536. The molecule has 0 aliphatic rings. The summed E-state index contributed by atoms with van der Waals surface area (Å²) in [4.78, 5) is 3.60. The second kappa shape index (κ2) is 7.24. The molecule has 0 aromatic carbocycles. The van der Waals surface area contributed by atoms with Gasteiger partial charge in [0.1, 0.15) is 0 Å². The quantitative estimate of drug-likeness (QED) is 0.174. The number of nitrogens with zero attached hydrogens (tertiary/aromatic N) is 1. The van der Waals surface area contributed by atoms with E-state index in [1.165, 1.54) is 0 Å². The first-order valence-corrected chi connectivity index (χ1v) is 2.84. The van der Waals surface area contributed by atoms with E-state index in [-0.39, 0.29) is 58.2 Å². The number of hydrogen-bond donors (Lipinski definition) is 1. The molecule has 0 unspecified atom stereocenters. The van der Waals surface area contributed by atoms with Crippen LogP contribution >= 0.6 is 24.8 Å². The maximum Gasteiger partial charge on any atom is 1.00 e.